The number of carbonyl (C=O) groups is 2. The fourth-order valence-corrected chi connectivity index (χ4v) is 4.20. The Hall–Kier alpha value is -2.73. The van der Waals surface area contributed by atoms with Gasteiger partial charge in [-0.15, -0.1) is 0 Å². The van der Waals surface area contributed by atoms with Crippen LogP contribution in [-0.4, -0.2) is 28.7 Å². The maximum Gasteiger partial charge on any atom is 0.232 e. The van der Waals surface area contributed by atoms with Crippen molar-refractivity contribution >= 4 is 38.5 Å². The Morgan fingerprint density at radius 1 is 1.16 bits per heavy atom. The molecule has 1 fully saturated rings. The monoisotopic (exact) mass is 351 g/mol. The zero-order chi connectivity index (χ0) is 17.4. The van der Waals surface area contributed by atoms with Gasteiger partial charge in [0.15, 0.2) is 5.13 Å². The largest absolute Gasteiger partial charge is 0.338 e. The van der Waals surface area contributed by atoms with Crippen LogP contribution in [0.25, 0.3) is 10.2 Å². The van der Waals surface area contributed by atoms with Crippen molar-refractivity contribution in [1.82, 2.24) is 9.88 Å². The standard InChI is InChI=1S/C19H17N3O2S/c1-22-16(23)11-13(17(22)12-7-3-2-4-8-12)18(24)21-19-20-14-9-5-6-10-15(14)25-19/h2-10,13,17H,11H2,1H3,(H,20,21,24)/t13-,17-/m1/s1. The van der Waals surface area contributed by atoms with Crippen LogP contribution in [0.2, 0.25) is 0 Å². The number of benzene rings is 2. The van der Waals surface area contributed by atoms with E-state index in [4.69, 9.17) is 0 Å². The van der Waals surface area contributed by atoms with Crippen LogP contribution in [0.4, 0.5) is 5.13 Å². The maximum absolute atomic E-state index is 12.8. The molecular weight excluding hydrogens is 334 g/mol. The lowest BCUT2D eigenvalue weighted by Gasteiger charge is -2.24. The van der Waals surface area contributed by atoms with Gasteiger partial charge >= 0.3 is 0 Å². The van der Waals surface area contributed by atoms with E-state index in [1.807, 2.05) is 54.6 Å². The fourth-order valence-electron chi connectivity index (χ4n) is 3.33. The van der Waals surface area contributed by atoms with Crippen molar-refractivity contribution in [1.29, 1.82) is 0 Å². The second kappa shape index (κ2) is 6.29. The Morgan fingerprint density at radius 2 is 1.88 bits per heavy atom. The molecule has 1 saturated heterocycles. The molecule has 0 unspecified atom stereocenters. The molecule has 4 rings (SSSR count). The summed E-state index contributed by atoms with van der Waals surface area (Å²) in [4.78, 5) is 31.2. The summed E-state index contributed by atoms with van der Waals surface area (Å²) in [7, 11) is 1.75. The van der Waals surface area contributed by atoms with Crippen molar-refractivity contribution < 1.29 is 9.59 Å². The molecule has 2 heterocycles. The summed E-state index contributed by atoms with van der Waals surface area (Å²) in [5.74, 6) is -0.601. The van der Waals surface area contributed by atoms with Crippen LogP contribution in [-0.2, 0) is 9.59 Å². The third-order valence-corrected chi connectivity index (χ3v) is 5.54. The molecule has 3 aromatic rings. The molecule has 0 bridgehead atoms. The molecule has 0 aliphatic carbocycles. The summed E-state index contributed by atoms with van der Waals surface area (Å²) in [6, 6.07) is 17.2. The van der Waals surface area contributed by atoms with Crippen molar-refractivity contribution in [3.63, 3.8) is 0 Å². The Labute approximate surface area is 149 Å². The highest BCUT2D eigenvalue weighted by molar-refractivity contribution is 7.22. The number of carbonyl (C=O) groups excluding carboxylic acids is 2. The summed E-state index contributed by atoms with van der Waals surface area (Å²) in [5.41, 5.74) is 1.84. The molecule has 126 valence electrons. The number of rotatable bonds is 3. The number of hydrogen-bond donors (Lipinski definition) is 1. The van der Waals surface area contributed by atoms with Gasteiger partial charge in [-0.2, -0.15) is 0 Å². The molecule has 0 saturated carbocycles. The number of para-hydroxylation sites is 1. The number of thiazole rings is 1. The molecule has 0 spiro atoms. The number of anilines is 1. The number of nitrogens with one attached hydrogen (secondary N) is 1. The third-order valence-electron chi connectivity index (χ3n) is 4.59. The summed E-state index contributed by atoms with van der Waals surface area (Å²) in [6.45, 7) is 0. The summed E-state index contributed by atoms with van der Waals surface area (Å²) < 4.78 is 1.03. The number of nitrogens with zero attached hydrogens (tertiary/aromatic N) is 2. The SMILES string of the molecule is CN1C(=O)C[C@@H](C(=O)Nc2nc3ccccc3s2)[C@H]1c1ccccc1. The first-order valence-corrected chi connectivity index (χ1v) is 8.92. The van der Waals surface area contributed by atoms with Crippen LogP contribution in [0, 0.1) is 5.92 Å². The topological polar surface area (TPSA) is 62.3 Å². The van der Waals surface area contributed by atoms with E-state index in [1.54, 1.807) is 11.9 Å². The minimum Gasteiger partial charge on any atom is -0.338 e. The number of fused-ring (bicyclic) bond motifs is 1. The Bertz CT molecular complexity index is 905. The van der Waals surface area contributed by atoms with Gasteiger partial charge in [-0.05, 0) is 17.7 Å². The van der Waals surface area contributed by atoms with Crippen LogP contribution < -0.4 is 5.32 Å². The first-order valence-electron chi connectivity index (χ1n) is 8.10. The van der Waals surface area contributed by atoms with Crippen molar-refractivity contribution in [2.24, 2.45) is 5.92 Å². The average molecular weight is 351 g/mol. The van der Waals surface area contributed by atoms with Crippen LogP contribution in [0.3, 0.4) is 0 Å². The molecule has 1 aromatic heterocycles. The molecule has 2 aromatic carbocycles. The first kappa shape index (κ1) is 15.8. The second-order valence-electron chi connectivity index (χ2n) is 6.15. The second-order valence-corrected chi connectivity index (χ2v) is 7.18. The molecule has 0 radical (unpaired) electrons. The maximum atomic E-state index is 12.8. The molecular formula is C19H17N3O2S. The van der Waals surface area contributed by atoms with Gasteiger partial charge in [-0.25, -0.2) is 4.98 Å². The summed E-state index contributed by atoms with van der Waals surface area (Å²) in [6.07, 6.45) is 0.215. The van der Waals surface area contributed by atoms with E-state index in [9.17, 15) is 9.59 Å². The van der Waals surface area contributed by atoms with Crippen molar-refractivity contribution in [3.8, 4) is 0 Å². The Kier molecular flexibility index (Phi) is 3.97. The van der Waals surface area contributed by atoms with Gasteiger partial charge < -0.3 is 10.2 Å². The van der Waals surface area contributed by atoms with Crippen LogP contribution in [0.5, 0.6) is 0 Å². The third kappa shape index (κ3) is 2.89. The zero-order valence-electron chi connectivity index (χ0n) is 13.7. The lowest BCUT2D eigenvalue weighted by molar-refractivity contribution is -0.127. The highest BCUT2D eigenvalue weighted by Gasteiger charge is 2.42. The molecule has 1 aliphatic rings. The van der Waals surface area contributed by atoms with Crippen LogP contribution >= 0.6 is 11.3 Å². The van der Waals surface area contributed by atoms with Crippen molar-refractivity contribution in [2.45, 2.75) is 12.5 Å². The molecule has 6 heteroatoms. The predicted octanol–water partition coefficient (Wildman–Crippen LogP) is 3.45. The lowest BCUT2D eigenvalue weighted by Crippen LogP contribution is -2.29. The van der Waals surface area contributed by atoms with Crippen LogP contribution in [0.15, 0.2) is 54.6 Å². The molecule has 5 nitrogen and oxygen atoms in total. The van der Waals surface area contributed by atoms with Gasteiger partial charge in [-0.1, -0.05) is 53.8 Å². The smallest absolute Gasteiger partial charge is 0.232 e. The highest BCUT2D eigenvalue weighted by Crippen LogP contribution is 2.38. The number of amides is 2. The van der Waals surface area contributed by atoms with Gasteiger partial charge in [0.1, 0.15) is 0 Å². The summed E-state index contributed by atoms with van der Waals surface area (Å²) >= 11 is 1.44. The van der Waals surface area contributed by atoms with Gasteiger partial charge in [-0.3, -0.25) is 9.59 Å². The first-order chi connectivity index (χ1) is 12.1. The molecule has 2 atom stereocenters. The van der Waals surface area contributed by atoms with Gasteiger partial charge in [0.2, 0.25) is 11.8 Å². The quantitative estimate of drug-likeness (QED) is 0.786. The number of likely N-dealkylation sites (tertiary alicyclic amines) is 1. The highest BCUT2D eigenvalue weighted by atomic mass is 32.1. The van der Waals surface area contributed by atoms with E-state index >= 15 is 0 Å². The molecule has 1 N–H and O–H groups in total. The predicted molar refractivity (Wildman–Crippen MR) is 98.3 cm³/mol. The number of aromatic nitrogens is 1. The average Bonchev–Trinajstić information content (AvgIpc) is 3.16. The molecule has 1 aliphatic heterocycles. The van der Waals surface area contributed by atoms with Gasteiger partial charge in [0, 0.05) is 13.5 Å². The minimum absolute atomic E-state index is 0.0155. The Morgan fingerprint density at radius 3 is 2.64 bits per heavy atom. The Balaban J connectivity index is 1.60. The van der Waals surface area contributed by atoms with E-state index in [0.717, 1.165) is 15.8 Å². The normalized spacial score (nSPS) is 20.2. The fraction of sp³-hybridized carbons (Fsp3) is 0.211. The molecule has 2 amide bonds. The number of hydrogen-bond acceptors (Lipinski definition) is 4. The minimum atomic E-state index is -0.424. The van der Waals surface area contributed by atoms with Crippen molar-refractivity contribution in [2.75, 3.05) is 12.4 Å². The zero-order valence-corrected chi connectivity index (χ0v) is 14.5. The van der Waals surface area contributed by atoms with E-state index < -0.39 is 5.92 Å². The van der Waals surface area contributed by atoms with E-state index in [0.29, 0.717) is 5.13 Å². The summed E-state index contributed by atoms with van der Waals surface area (Å²) in [5, 5.41) is 3.47. The van der Waals surface area contributed by atoms with Gasteiger partial charge in [0.05, 0.1) is 22.2 Å². The van der Waals surface area contributed by atoms with Crippen LogP contribution in [0.1, 0.15) is 18.0 Å². The van der Waals surface area contributed by atoms with E-state index in [2.05, 4.69) is 10.3 Å². The van der Waals surface area contributed by atoms with E-state index in [-0.39, 0.29) is 24.3 Å². The van der Waals surface area contributed by atoms with Crippen molar-refractivity contribution in [3.05, 3.63) is 60.2 Å². The molecule has 25 heavy (non-hydrogen) atoms. The lowest BCUT2D eigenvalue weighted by atomic mass is 9.93. The van der Waals surface area contributed by atoms with Gasteiger partial charge in [0.25, 0.3) is 0 Å². The van der Waals surface area contributed by atoms with E-state index in [1.165, 1.54) is 11.3 Å².